The number of carbonyl (C=O) groups excluding carboxylic acids is 1. The number of thiazole rings is 1. The second-order valence-electron chi connectivity index (χ2n) is 8.12. The Kier molecular flexibility index (Phi) is 8.36. The quantitative estimate of drug-likeness (QED) is 0.489. The summed E-state index contributed by atoms with van der Waals surface area (Å²) in [7, 11) is 1.72. The van der Waals surface area contributed by atoms with E-state index in [1.165, 1.54) is 0 Å². The van der Waals surface area contributed by atoms with Crippen LogP contribution in [0.3, 0.4) is 0 Å². The van der Waals surface area contributed by atoms with Crippen molar-refractivity contribution in [3.05, 3.63) is 65.8 Å². The average molecular weight is 455 g/mol. The highest BCUT2D eigenvalue weighted by Gasteiger charge is 2.22. The van der Waals surface area contributed by atoms with Crippen LogP contribution in [-0.2, 0) is 14.3 Å². The van der Waals surface area contributed by atoms with Crippen LogP contribution in [0.15, 0.2) is 60.1 Å². The van der Waals surface area contributed by atoms with Gasteiger partial charge < -0.3 is 14.7 Å². The highest BCUT2D eigenvalue weighted by atomic mass is 32.1. The van der Waals surface area contributed by atoms with Crippen LogP contribution in [0.25, 0.3) is 5.57 Å². The minimum absolute atomic E-state index is 0.0227. The third kappa shape index (κ3) is 6.14. The van der Waals surface area contributed by atoms with Gasteiger partial charge >= 0.3 is 5.97 Å². The van der Waals surface area contributed by atoms with Crippen molar-refractivity contribution in [2.24, 2.45) is 11.8 Å². The number of Topliss-reactive ketones (excluding diaryl/α,β-unsaturated/α-hetero) is 1. The summed E-state index contributed by atoms with van der Waals surface area (Å²) in [5, 5.41) is 12.0. The molecule has 0 bridgehead atoms. The summed E-state index contributed by atoms with van der Waals surface area (Å²) in [5.41, 5.74) is 2.62. The van der Waals surface area contributed by atoms with E-state index in [0.717, 1.165) is 35.8 Å². The Morgan fingerprint density at radius 3 is 2.88 bits per heavy atom. The number of aromatic nitrogens is 1. The van der Waals surface area contributed by atoms with Gasteiger partial charge in [-0.1, -0.05) is 43.4 Å². The molecule has 3 rings (SSSR count). The number of ether oxygens (including phenoxy) is 1. The minimum Gasteiger partial charge on any atom is -0.481 e. The standard InChI is InChI=1S/C25H30N2O4S/c1-4-12-27(25-26-22(16-32-25)20-6-5-7-21(14-20)31-3)15-18-8-10-19(11-9-18)23(28)13-17(2)24(29)30/h4-6,8,10-11,14,16-18,21H,1,7,9,12-13,15H2,2-3H3,(H,29,30). The zero-order valence-corrected chi connectivity index (χ0v) is 19.4. The van der Waals surface area contributed by atoms with E-state index >= 15 is 0 Å². The summed E-state index contributed by atoms with van der Waals surface area (Å²) in [6, 6.07) is 0. The van der Waals surface area contributed by atoms with Gasteiger partial charge in [-0.05, 0) is 30.4 Å². The number of carboxylic acid groups (broad SMARTS) is 1. The first-order valence-corrected chi connectivity index (χ1v) is 11.7. The maximum atomic E-state index is 12.3. The lowest BCUT2D eigenvalue weighted by Crippen LogP contribution is -2.29. The summed E-state index contributed by atoms with van der Waals surface area (Å²) >= 11 is 1.61. The van der Waals surface area contributed by atoms with Crippen LogP contribution in [0, 0.1) is 11.8 Å². The molecule has 1 N–H and O–H groups in total. The van der Waals surface area contributed by atoms with Crippen molar-refractivity contribution < 1.29 is 19.4 Å². The van der Waals surface area contributed by atoms with Crippen molar-refractivity contribution in [3.63, 3.8) is 0 Å². The molecule has 170 valence electrons. The molecule has 0 amide bonds. The molecule has 3 atom stereocenters. The molecule has 32 heavy (non-hydrogen) atoms. The molecule has 6 nitrogen and oxygen atoms in total. The molecule has 0 saturated heterocycles. The van der Waals surface area contributed by atoms with Crippen molar-refractivity contribution >= 4 is 33.8 Å². The molecule has 7 heteroatoms. The van der Waals surface area contributed by atoms with E-state index in [9.17, 15) is 9.59 Å². The minimum atomic E-state index is -0.947. The topological polar surface area (TPSA) is 79.7 Å². The van der Waals surface area contributed by atoms with Gasteiger partial charge in [0.05, 0.1) is 17.7 Å². The molecular formula is C25H30N2O4S. The molecule has 1 aromatic rings. The number of methoxy groups -OCH3 is 1. The summed E-state index contributed by atoms with van der Waals surface area (Å²) in [6.07, 6.45) is 15.7. The number of hydrogen-bond acceptors (Lipinski definition) is 6. The number of ketones is 1. The summed E-state index contributed by atoms with van der Waals surface area (Å²) in [4.78, 5) is 30.4. The maximum Gasteiger partial charge on any atom is 0.306 e. The van der Waals surface area contributed by atoms with Gasteiger partial charge in [0, 0.05) is 37.6 Å². The molecule has 0 fully saturated rings. The summed E-state index contributed by atoms with van der Waals surface area (Å²) in [6.45, 7) is 6.88. The van der Waals surface area contributed by atoms with Gasteiger partial charge in [0.1, 0.15) is 0 Å². The normalized spacial score (nSPS) is 20.9. The summed E-state index contributed by atoms with van der Waals surface area (Å²) in [5.74, 6) is -1.51. The molecule has 0 aliphatic heterocycles. The van der Waals surface area contributed by atoms with E-state index in [4.69, 9.17) is 14.8 Å². The Labute approximate surface area is 193 Å². The van der Waals surface area contributed by atoms with Crippen LogP contribution in [0.4, 0.5) is 5.13 Å². The zero-order chi connectivity index (χ0) is 23.1. The predicted molar refractivity (Wildman–Crippen MR) is 129 cm³/mol. The first-order valence-electron chi connectivity index (χ1n) is 10.8. The fraction of sp³-hybridized carbons (Fsp3) is 0.400. The van der Waals surface area contributed by atoms with Gasteiger partial charge in [-0.3, -0.25) is 9.59 Å². The van der Waals surface area contributed by atoms with E-state index in [-0.39, 0.29) is 24.2 Å². The van der Waals surface area contributed by atoms with Gasteiger partial charge in [-0.15, -0.1) is 17.9 Å². The molecule has 2 aliphatic rings. The van der Waals surface area contributed by atoms with Crippen molar-refractivity contribution in [3.8, 4) is 0 Å². The van der Waals surface area contributed by atoms with Crippen molar-refractivity contribution in [1.82, 2.24) is 4.98 Å². The molecule has 3 unspecified atom stereocenters. The highest BCUT2D eigenvalue weighted by Crippen LogP contribution is 2.30. The van der Waals surface area contributed by atoms with E-state index < -0.39 is 11.9 Å². The molecule has 2 aliphatic carbocycles. The second kappa shape index (κ2) is 11.2. The third-order valence-electron chi connectivity index (χ3n) is 5.62. The molecule has 1 aromatic heterocycles. The number of allylic oxidation sites excluding steroid dienone is 5. The third-order valence-corrected chi connectivity index (χ3v) is 6.52. The van der Waals surface area contributed by atoms with Crippen LogP contribution in [0.1, 0.15) is 31.9 Å². The number of nitrogens with zero attached hydrogens (tertiary/aromatic N) is 2. The van der Waals surface area contributed by atoms with Crippen LogP contribution in [-0.4, -0.2) is 48.1 Å². The monoisotopic (exact) mass is 454 g/mol. The molecular weight excluding hydrogens is 424 g/mol. The zero-order valence-electron chi connectivity index (χ0n) is 18.6. The first kappa shape index (κ1) is 23.9. The van der Waals surface area contributed by atoms with Gasteiger partial charge in [0.15, 0.2) is 10.9 Å². The molecule has 0 saturated carbocycles. The second-order valence-corrected chi connectivity index (χ2v) is 8.96. The number of anilines is 1. The Bertz CT molecular complexity index is 972. The van der Waals surface area contributed by atoms with Gasteiger partial charge in [-0.2, -0.15) is 0 Å². The highest BCUT2D eigenvalue weighted by molar-refractivity contribution is 7.13. The first-order chi connectivity index (χ1) is 15.4. The van der Waals surface area contributed by atoms with E-state index in [1.54, 1.807) is 25.4 Å². The largest absolute Gasteiger partial charge is 0.481 e. The molecule has 1 heterocycles. The van der Waals surface area contributed by atoms with Gasteiger partial charge in [0.25, 0.3) is 0 Å². The molecule has 0 radical (unpaired) electrons. The number of carboxylic acids is 1. The SMILES string of the molecule is C=CCN(CC1C=CC(C(=O)CC(C)C(=O)O)=CC1)c1nc(C2=CC(OC)CC=C2)cs1. The molecule has 0 aromatic carbocycles. The molecule has 0 spiro atoms. The smallest absolute Gasteiger partial charge is 0.306 e. The van der Waals surface area contributed by atoms with E-state index in [1.807, 2.05) is 24.3 Å². The Morgan fingerprint density at radius 1 is 1.41 bits per heavy atom. The Morgan fingerprint density at radius 2 is 2.22 bits per heavy atom. The van der Waals surface area contributed by atoms with Crippen LogP contribution >= 0.6 is 11.3 Å². The van der Waals surface area contributed by atoms with Gasteiger partial charge in [0.2, 0.25) is 0 Å². The fourth-order valence-electron chi connectivity index (χ4n) is 3.69. The van der Waals surface area contributed by atoms with E-state index in [2.05, 4.69) is 35.1 Å². The number of hydrogen-bond donors (Lipinski definition) is 1. The number of aliphatic carboxylic acids is 1. The lowest BCUT2D eigenvalue weighted by atomic mass is 9.91. The van der Waals surface area contributed by atoms with Crippen LogP contribution < -0.4 is 4.90 Å². The van der Waals surface area contributed by atoms with Crippen LogP contribution in [0.2, 0.25) is 0 Å². The Hall–Kier alpha value is -2.77. The van der Waals surface area contributed by atoms with Crippen LogP contribution in [0.5, 0.6) is 0 Å². The van der Waals surface area contributed by atoms with Gasteiger partial charge in [-0.25, -0.2) is 4.98 Å². The average Bonchev–Trinajstić information content (AvgIpc) is 3.29. The number of rotatable bonds is 11. The van der Waals surface area contributed by atoms with Crippen molar-refractivity contribution in [2.45, 2.75) is 32.3 Å². The Balaban J connectivity index is 1.64. The van der Waals surface area contributed by atoms with Crippen molar-refractivity contribution in [2.75, 3.05) is 25.1 Å². The lowest BCUT2D eigenvalue weighted by Gasteiger charge is -2.25. The number of carbonyl (C=O) groups is 2. The summed E-state index contributed by atoms with van der Waals surface area (Å²) < 4.78 is 5.45. The fourth-order valence-corrected chi connectivity index (χ4v) is 4.54. The lowest BCUT2D eigenvalue weighted by molar-refractivity contribution is -0.142. The maximum absolute atomic E-state index is 12.3. The van der Waals surface area contributed by atoms with Crippen molar-refractivity contribution in [1.29, 1.82) is 0 Å². The van der Waals surface area contributed by atoms with E-state index in [0.29, 0.717) is 12.1 Å². The predicted octanol–water partition coefficient (Wildman–Crippen LogP) is 4.68.